The van der Waals surface area contributed by atoms with E-state index in [0.717, 1.165) is 33.7 Å². The Morgan fingerprint density at radius 1 is 0.941 bits per heavy atom. The molecular formula is C29H30N2O3. The molecule has 0 radical (unpaired) electrons. The quantitative estimate of drug-likeness (QED) is 0.490. The van der Waals surface area contributed by atoms with Crippen LogP contribution in [0.5, 0.6) is 5.75 Å². The van der Waals surface area contributed by atoms with Crippen molar-refractivity contribution in [1.82, 2.24) is 0 Å². The van der Waals surface area contributed by atoms with Gasteiger partial charge in [0.15, 0.2) is 0 Å². The zero-order chi connectivity index (χ0) is 24.2. The molecule has 3 aromatic rings. The van der Waals surface area contributed by atoms with E-state index >= 15 is 0 Å². The smallest absolute Gasteiger partial charge is 0.254 e. The van der Waals surface area contributed by atoms with Crippen molar-refractivity contribution in [3.8, 4) is 5.75 Å². The van der Waals surface area contributed by atoms with Gasteiger partial charge in [-0.25, -0.2) is 0 Å². The summed E-state index contributed by atoms with van der Waals surface area (Å²) in [6.07, 6.45) is 1.97. The van der Waals surface area contributed by atoms with Crippen LogP contribution in [0.1, 0.15) is 30.5 Å². The van der Waals surface area contributed by atoms with Gasteiger partial charge < -0.3 is 9.64 Å². The zero-order valence-electron chi connectivity index (χ0n) is 20.1. The van der Waals surface area contributed by atoms with Crippen molar-refractivity contribution in [3.63, 3.8) is 0 Å². The van der Waals surface area contributed by atoms with Gasteiger partial charge in [0.2, 0.25) is 5.91 Å². The normalized spacial score (nSPS) is 16.7. The molecule has 0 unspecified atom stereocenters. The molecule has 0 N–H and O–H groups in total. The maximum Gasteiger partial charge on any atom is 0.254 e. The van der Waals surface area contributed by atoms with Gasteiger partial charge in [-0.2, -0.15) is 0 Å². The lowest BCUT2D eigenvalue weighted by Gasteiger charge is -2.41. The number of carbonyl (C=O) groups excluding carboxylic acids is 2. The number of carbonyl (C=O) groups is 2. The van der Waals surface area contributed by atoms with Crippen molar-refractivity contribution < 1.29 is 14.3 Å². The molecule has 34 heavy (non-hydrogen) atoms. The second-order valence-electron chi connectivity index (χ2n) is 8.59. The highest BCUT2D eigenvalue weighted by Gasteiger charge is 2.41. The molecule has 4 rings (SSSR count). The number of benzene rings is 3. The first kappa shape index (κ1) is 23.3. The summed E-state index contributed by atoms with van der Waals surface area (Å²) in [4.78, 5) is 30.7. The Morgan fingerprint density at radius 3 is 2.26 bits per heavy atom. The molecule has 1 aliphatic rings. The standard InChI is InChI=1S/C29H30N2O3/c1-5-34-26-15-13-24(14-16-26)31-27(32)19-30(25-12-11-20(2)21(3)18-25)29(33)28(31)22(4)17-23-9-7-6-8-10-23/h6-18,28H,5,19H2,1-4H3/b22-17-/t28-/m1/s1. The second kappa shape index (κ2) is 9.96. The van der Waals surface area contributed by atoms with E-state index in [0.29, 0.717) is 12.3 Å². The predicted octanol–water partition coefficient (Wildman–Crippen LogP) is 5.55. The van der Waals surface area contributed by atoms with Crippen LogP contribution in [-0.2, 0) is 9.59 Å². The minimum atomic E-state index is -0.749. The first-order valence-corrected chi connectivity index (χ1v) is 11.6. The third-order valence-electron chi connectivity index (χ3n) is 6.17. The molecule has 1 aliphatic heterocycles. The minimum absolute atomic E-state index is 0.0103. The zero-order valence-corrected chi connectivity index (χ0v) is 20.1. The van der Waals surface area contributed by atoms with Crippen molar-refractivity contribution >= 4 is 29.3 Å². The van der Waals surface area contributed by atoms with E-state index in [-0.39, 0.29) is 18.4 Å². The lowest BCUT2D eigenvalue weighted by molar-refractivity contribution is -0.127. The number of rotatable bonds is 6. The van der Waals surface area contributed by atoms with E-state index in [1.165, 1.54) is 0 Å². The van der Waals surface area contributed by atoms with Crippen LogP contribution in [0, 0.1) is 13.8 Å². The fourth-order valence-electron chi connectivity index (χ4n) is 4.26. The minimum Gasteiger partial charge on any atom is -0.494 e. The number of ether oxygens (including phenoxy) is 1. The number of nitrogens with zero attached hydrogens (tertiary/aromatic N) is 2. The third-order valence-corrected chi connectivity index (χ3v) is 6.17. The van der Waals surface area contributed by atoms with Crippen molar-refractivity contribution in [3.05, 3.63) is 95.1 Å². The van der Waals surface area contributed by atoms with E-state index in [1.54, 1.807) is 9.80 Å². The average molecular weight is 455 g/mol. The number of hydrogen-bond acceptors (Lipinski definition) is 3. The van der Waals surface area contributed by atoms with Crippen molar-refractivity contribution in [2.24, 2.45) is 0 Å². The molecule has 0 aromatic heterocycles. The number of hydrogen-bond donors (Lipinski definition) is 0. The Kier molecular flexibility index (Phi) is 6.82. The van der Waals surface area contributed by atoms with Crippen molar-refractivity contribution in [1.29, 1.82) is 0 Å². The first-order chi connectivity index (χ1) is 16.4. The van der Waals surface area contributed by atoms with E-state index in [4.69, 9.17) is 4.74 Å². The fourth-order valence-corrected chi connectivity index (χ4v) is 4.26. The van der Waals surface area contributed by atoms with Gasteiger partial charge >= 0.3 is 0 Å². The molecule has 0 saturated carbocycles. The third kappa shape index (κ3) is 4.74. The monoisotopic (exact) mass is 454 g/mol. The molecule has 1 atom stereocenters. The molecule has 5 heteroatoms. The van der Waals surface area contributed by atoms with Gasteiger partial charge in [-0.15, -0.1) is 0 Å². The van der Waals surface area contributed by atoms with Gasteiger partial charge in [0.1, 0.15) is 18.3 Å². The van der Waals surface area contributed by atoms with Gasteiger partial charge in [-0.1, -0.05) is 42.5 Å². The van der Waals surface area contributed by atoms with Crippen LogP contribution in [0.4, 0.5) is 11.4 Å². The van der Waals surface area contributed by atoms with Crippen LogP contribution in [0.2, 0.25) is 0 Å². The summed E-state index contributed by atoms with van der Waals surface area (Å²) >= 11 is 0. The summed E-state index contributed by atoms with van der Waals surface area (Å²) in [6.45, 7) is 8.44. The van der Waals surface area contributed by atoms with Gasteiger partial charge in [-0.3, -0.25) is 14.5 Å². The summed E-state index contributed by atoms with van der Waals surface area (Å²) in [5.41, 5.74) is 5.42. The molecule has 1 fully saturated rings. The molecule has 3 aromatic carbocycles. The maximum atomic E-state index is 13.9. The second-order valence-corrected chi connectivity index (χ2v) is 8.59. The highest BCUT2D eigenvalue weighted by molar-refractivity contribution is 6.16. The Bertz CT molecular complexity index is 1220. The number of aryl methyl sites for hydroxylation is 2. The SMILES string of the molecule is CCOc1ccc(N2C(=O)CN(c3ccc(C)c(C)c3)C(=O)[C@H]2/C(C)=C\c2ccccc2)cc1. The molecule has 0 bridgehead atoms. The van der Waals surface area contributed by atoms with Gasteiger partial charge in [0.25, 0.3) is 5.91 Å². The van der Waals surface area contributed by atoms with Gasteiger partial charge in [0.05, 0.1) is 6.61 Å². The van der Waals surface area contributed by atoms with Crippen molar-refractivity contribution in [2.75, 3.05) is 23.0 Å². The number of amides is 2. The van der Waals surface area contributed by atoms with E-state index < -0.39 is 6.04 Å². The van der Waals surface area contributed by atoms with Crippen LogP contribution >= 0.6 is 0 Å². The summed E-state index contributed by atoms with van der Waals surface area (Å²) in [5.74, 6) is 0.473. The molecule has 5 nitrogen and oxygen atoms in total. The topological polar surface area (TPSA) is 49.9 Å². The van der Waals surface area contributed by atoms with Crippen LogP contribution in [0.25, 0.3) is 6.08 Å². The Balaban J connectivity index is 1.77. The van der Waals surface area contributed by atoms with E-state index in [9.17, 15) is 9.59 Å². The summed E-state index contributed by atoms with van der Waals surface area (Å²) in [7, 11) is 0. The highest BCUT2D eigenvalue weighted by Crippen LogP contribution is 2.31. The van der Waals surface area contributed by atoms with Gasteiger partial charge in [-0.05, 0) is 86.4 Å². The molecule has 2 amide bonds. The van der Waals surface area contributed by atoms with Crippen LogP contribution in [0.15, 0.2) is 78.4 Å². The number of anilines is 2. The first-order valence-electron chi connectivity index (χ1n) is 11.6. The van der Waals surface area contributed by atoms with E-state index in [1.807, 2.05) is 107 Å². The molecule has 1 heterocycles. The summed E-state index contributed by atoms with van der Waals surface area (Å²) in [6, 6.07) is 22.3. The molecule has 1 saturated heterocycles. The van der Waals surface area contributed by atoms with E-state index in [2.05, 4.69) is 0 Å². The average Bonchev–Trinajstić information content (AvgIpc) is 2.83. The molecular weight excluding hydrogens is 424 g/mol. The summed E-state index contributed by atoms with van der Waals surface area (Å²) < 4.78 is 5.56. The number of piperazine rings is 1. The highest BCUT2D eigenvalue weighted by atomic mass is 16.5. The molecule has 0 aliphatic carbocycles. The van der Waals surface area contributed by atoms with Gasteiger partial charge in [0, 0.05) is 11.4 Å². The fraction of sp³-hybridized carbons (Fsp3) is 0.241. The van der Waals surface area contributed by atoms with Crippen LogP contribution in [-0.4, -0.2) is 31.0 Å². The largest absolute Gasteiger partial charge is 0.494 e. The van der Waals surface area contributed by atoms with Crippen molar-refractivity contribution in [2.45, 2.75) is 33.7 Å². The molecule has 0 spiro atoms. The predicted molar refractivity (Wildman–Crippen MR) is 137 cm³/mol. The Morgan fingerprint density at radius 2 is 1.62 bits per heavy atom. The summed E-state index contributed by atoms with van der Waals surface area (Å²) in [5, 5.41) is 0. The maximum absolute atomic E-state index is 13.9. The lowest BCUT2D eigenvalue weighted by Crippen LogP contribution is -2.61. The molecule has 174 valence electrons. The van der Waals surface area contributed by atoms with Crippen LogP contribution < -0.4 is 14.5 Å². The Hall–Kier alpha value is -3.86. The lowest BCUT2D eigenvalue weighted by atomic mass is 9.98. The Labute approximate surface area is 201 Å². The van der Waals surface area contributed by atoms with Crippen LogP contribution in [0.3, 0.4) is 0 Å².